The van der Waals surface area contributed by atoms with E-state index in [4.69, 9.17) is 4.74 Å². The number of carbonyl (C=O) groups excluding carboxylic acids is 1. The monoisotopic (exact) mass is 352 g/mol. The molecule has 3 rings (SSSR count). The topological polar surface area (TPSA) is 75.7 Å². The molecule has 1 saturated heterocycles. The van der Waals surface area contributed by atoms with Gasteiger partial charge in [-0.3, -0.25) is 4.79 Å². The Bertz CT molecular complexity index is 699. The highest BCUT2D eigenvalue weighted by molar-refractivity contribution is 7.89. The smallest absolute Gasteiger partial charge is 0.230 e. The fraction of sp³-hybridized carbons (Fsp3) is 0.588. The molecule has 0 aromatic heterocycles. The summed E-state index contributed by atoms with van der Waals surface area (Å²) >= 11 is 0. The number of amides is 1. The van der Waals surface area contributed by atoms with Crippen LogP contribution in [0.4, 0.5) is 0 Å². The first kappa shape index (κ1) is 17.4. The molecule has 0 spiro atoms. The van der Waals surface area contributed by atoms with Crippen LogP contribution < -0.4 is 5.32 Å². The molecule has 1 amide bonds. The van der Waals surface area contributed by atoms with E-state index in [9.17, 15) is 13.2 Å². The van der Waals surface area contributed by atoms with Crippen LogP contribution in [-0.2, 0) is 25.0 Å². The zero-order valence-electron chi connectivity index (χ0n) is 14.1. The van der Waals surface area contributed by atoms with Gasteiger partial charge < -0.3 is 10.1 Å². The van der Waals surface area contributed by atoms with Crippen molar-refractivity contribution in [3.05, 3.63) is 35.9 Å². The molecule has 0 bridgehead atoms. The Labute approximate surface area is 143 Å². The van der Waals surface area contributed by atoms with Gasteiger partial charge in [0.1, 0.15) is 0 Å². The summed E-state index contributed by atoms with van der Waals surface area (Å²) in [6, 6.07) is 9.51. The zero-order valence-corrected chi connectivity index (χ0v) is 14.9. The van der Waals surface area contributed by atoms with Crippen molar-refractivity contribution in [3.63, 3.8) is 0 Å². The normalized spacial score (nSPS) is 25.6. The highest BCUT2D eigenvalue weighted by Gasteiger charge is 2.52. The van der Waals surface area contributed by atoms with E-state index in [0.29, 0.717) is 13.2 Å². The first-order chi connectivity index (χ1) is 11.3. The summed E-state index contributed by atoms with van der Waals surface area (Å²) in [4.78, 5) is 12.8. The van der Waals surface area contributed by atoms with Crippen molar-refractivity contribution in [2.75, 3.05) is 33.1 Å². The molecule has 7 heteroatoms. The highest BCUT2D eigenvalue weighted by atomic mass is 32.2. The number of hydrogen-bond acceptors (Lipinski definition) is 4. The quantitative estimate of drug-likeness (QED) is 0.819. The SMILES string of the molecule is CN(C)S(=O)(=O)C[C@@H]1COC[C@@H]1NC(=O)C1(c2ccccc2)CC1. The molecule has 2 fully saturated rings. The summed E-state index contributed by atoms with van der Waals surface area (Å²) in [5, 5.41) is 3.04. The summed E-state index contributed by atoms with van der Waals surface area (Å²) in [7, 11) is -0.278. The first-order valence-corrected chi connectivity index (χ1v) is 9.80. The molecular formula is C17H24N2O4S. The second-order valence-electron chi connectivity index (χ2n) is 6.89. The zero-order chi connectivity index (χ0) is 17.4. The lowest BCUT2D eigenvalue weighted by Crippen LogP contribution is -2.47. The van der Waals surface area contributed by atoms with Gasteiger partial charge in [0.15, 0.2) is 0 Å². The average molecular weight is 352 g/mol. The van der Waals surface area contributed by atoms with Gasteiger partial charge in [-0.1, -0.05) is 30.3 Å². The van der Waals surface area contributed by atoms with Crippen LogP contribution in [0, 0.1) is 5.92 Å². The van der Waals surface area contributed by atoms with Crippen molar-refractivity contribution in [2.45, 2.75) is 24.3 Å². The summed E-state index contributed by atoms with van der Waals surface area (Å²) in [6.07, 6.45) is 1.66. The van der Waals surface area contributed by atoms with Crippen LogP contribution in [0.1, 0.15) is 18.4 Å². The van der Waals surface area contributed by atoms with Crippen molar-refractivity contribution in [1.82, 2.24) is 9.62 Å². The van der Waals surface area contributed by atoms with E-state index in [1.165, 1.54) is 18.4 Å². The van der Waals surface area contributed by atoms with Crippen molar-refractivity contribution in [1.29, 1.82) is 0 Å². The largest absolute Gasteiger partial charge is 0.379 e. The fourth-order valence-corrected chi connectivity index (χ4v) is 4.35. The molecule has 1 aliphatic carbocycles. The molecule has 2 atom stereocenters. The Balaban J connectivity index is 1.68. The number of sulfonamides is 1. The van der Waals surface area contributed by atoms with Gasteiger partial charge in [-0.25, -0.2) is 12.7 Å². The average Bonchev–Trinajstić information content (AvgIpc) is 3.26. The standard InChI is InChI=1S/C17H24N2O4S/c1-19(2)24(21,22)12-13-10-23-11-15(13)18-16(20)17(8-9-17)14-6-4-3-5-7-14/h3-7,13,15H,8-12H2,1-2H3,(H,18,20)/t13-,15-/m0/s1. The van der Waals surface area contributed by atoms with Crippen LogP contribution in [0.2, 0.25) is 0 Å². The summed E-state index contributed by atoms with van der Waals surface area (Å²) in [6.45, 7) is 0.723. The van der Waals surface area contributed by atoms with Crippen LogP contribution in [0.15, 0.2) is 30.3 Å². The number of benzene rings is 1. The van der Waals surface area contributed by atoms with Gasteiger partial charge in [-0.15, -0.1) is 0 Å². The Morgan fingerprint density at radius 3 is 2.50 bits per heavy atom. The van der Waals surface area contributed by atoms with E-state index < -0.39 is 15.4 Å². The minimum atomic E-state index is -3.32. The highest BCUT2D eigenvalue weighted by Crippen LogP contribution is 2.48. The third kappa shape index (κ3) is 3.34. The third-order valence-electron chi connectivity index (χ3n) is 5.01. The van der Waals surface area contributed by atoms with Crippen LogP contribution in [0.5, 0.6) is 0 Å². The maximum absolute atomic E-state index is 12.8. The number of nitrogens with one attached hydrogen (secondary N) is 1. The maximum Gasteiger partial charge on any atom is 0.230 e. The molecular weight excluding hydrogens is 328 g/mol. The fourth-order valence-electron chi connectivity index (χ4n) is 3.18. The second-order valence-corrected chi connectivity index (χ2v) is 9.11. The summed E-state index contributed by atoms with van der Waals surface area (Å²) in [5.41, 5.74) is 0.577. The van der Waals surface area contributed by atoms with Gasteiger partial charge in [0.25, 0.3) is 0 Å². The summed E-state index contributed by atoms with van der Waals surface area (Å²) < 4.78 is 30.9. The first-order valence-electron chi connectivity index (χ1n) is 8.20. The van der Waals surface area contributed by atoms with Gasteiger partial charge >= 0.3 is 0 Å². The number of ether oxygens (including phenoxy) is 1. The predicted octanol–water partition coefficient (Wildman–Crippen LogP) is 0.741. The van der Waals surface area contributed by atoms with Crippen molar-refractivity contribution < 1.29 is 17.9 Å². The predicted molar refractivity (Wildman–Crippen MR) is 91.1 cm³/mol. The molecule has 6 nitrogen and oxygen atoms in total. The minimum absolute atomic E-state index is 0.0106. The molecule has 0 radical (unpaired) electrons. The van der Waals surface area contributed by atoms with Crippen LogP contribution >= 0.6 is 0 Å². The summed E-state index contributed by atoms with van der Waals surface area (Å²) in [5.74, 6) is -0.243. The van der Waals surface area contributed by atoms with E-state index in [1.54, 1.807) is 0 Å². The molecule has 1 aromatic carbocycles. The molecule has 2 aliphatic rings. The molecule has 1 heterocycles. The lowest BCUT2D eigenvalue weighted by Gasteiger charge is -2.24. The van der Waals surface area contributed by atoms with Crippen molar-refractivity contribution >= 4 is 15.9 Å². The number of nitrogens with zero attached hydrogens (tertiary/aromatic N) is 1. The van der Waals surface area contributed by atoms with Crippen molar-refractivity contribution in [3.8, 4) is 0 Å². The van der Waals surface area contributed by atoms with E-state index >= 15 is 0 Å². The minimum Gasteiger partial charge on any atom is -0.379 e. The molecule has 1 N–H and O–H groups in total. The number of hydrogen-bond donors (Lipinski definition) is 1. The van der Waals surface area contributed by atoms with E-state index in [-0.39, 0.29) is 23.6 Å². The molecule has 1 aliphatic heterocycles. The molecule has 1 saturated carbocycles. The van der Waals surface area contributed by atoms with Crippen LogP contribution in [0.25, 0.3) is 0 Å². The number of carbonyl (C=O) groups is 1. The maximum atomic E-state index is 12.8. The number of rotatable bonds is 6. The molecule has 132 valence electrons. The van der Waals surface area contributed by atoms with Crippen LogP contribution in [-0.4, -0.2) is 57.7 Å². The molecule has 1 aromatic rings. The Hall–Kier alpha value is -1.44. The van der Waals surface area contributed by atoms with Gasteiger partial charge in [0, 0.05) is 20.0 Å². The van der Waals surface area contributed by atoms with E-state index in [2.05, 4.69) is 5.32 Å². The second kappa shape index (κ2) is 6.46. The lowest BCUT2D eigenvalue weighted by molar-refractivity contribution is -0.124. The van der Waals surface area contributed by atoms with Gasteiger partial charge in [-0.2, -0.15) is 0 Å². The van der Waals surface area contributed by atoms with Gasteiger partial charge in [-0.05, 0) is 18.4 Å². The van der Waals surface area contributed by atoms with Gasteiger partial charge in [0.05, 0.1) is 30.4 Å². The Morgan fingerprint density at radius 2 is 1.92 bits per heavy atom. The van der Waals surface area contributed by atoms with E-state index in [1.807, 2.05) is 30.3 Å². The van der Waals surface area contributed by atoms with Crippen molar-refractivity contribution in [2.24, 2.45) is 5.92 Å². The molecule has 0 unspecified atom stereocenters. The Kier molecular flexibility index (Phi) is 4.68. The van der Waals surface area contributed by atoms with Crippen LogP contribution in [0.3, 0.4) is 0 Å². The third-order valence-corrected chi connectivity index (χ3v) is 6.97. The lowest BCUT2D eigenvalue weighted by atomic mass is 9.94. The Morgan fingerprint density at radius 1 is 1.25 bits per heavy atom. The van der Waals surface area contributed by atoms with E-state index in [0.717, 1.165) is 18.4 Å². The molecule has 24 heavy (non-hydrogen) atoms. The van der Waals surface area contributed by atoms with Gasteiger partial charge in [0.2, 0.25) is 15.9 Å².